The summed E-state index contributed by atoms with van der Waals surface area (Å²) in [5, 5.41) is 11.7. The Morgan fingerprint density at radius 2 is 1.47 bits per heavy atom. The second-order valence-corrected chi connectivity index (χ2v) is 9.67. The highest BCUT2D eigenvalue weighted by Crippen LogP contribution is 2.37. The van der Waals surface area contributed by atoms with Gasteiger partial charge in [-0.25, -0.2) is 4.79 Å². The van der Waals surface area contributed by atoms with Gasteiger partial charge in [-0.05, 0) is 57.6 Å². The van der Waals surface area contributed by atoms with E-state index in [-0.39, 0.29) is 24.1 Å². The molecule has 30 heavy (non-hydrogen) atoms. The molecule has 162 valence electrons. The highest BCUT2D eigenvalue weighted by molar-refractivity contribution is 5.69. The Kier molecular flexibility index (Phi) is 6.87. The van der Waals surface area contributed by atoms with Crippen LogP contribution in [-0.2, 0) is 4.74 Å². The maximum absolute atomic E-state index is 13.1. The zero-order valence-electron chi connectivity index (χ0n) is 18.8. The predicted molar refractivity (Wildman–Crippen MR) is 120 cm³/mol. The van der Waals surface area contributed by atoms with E-state index < -0.39 is 11.7 Å². The maximum Gasteiger partial charge on any atom is 0.410 e. The van der Waals surface area contributed by atoms with Gasteiger partial charge in [-0.15, -0.1) is 0 Å². The number of likely N-dealkylation sites (tertiary alicyclic amines) is 1. The second kappa shape index (κ2) is 9.22. The molecule has 4 nitrogen and oxygen atoms in total. The van der Waals surface area contributed by atoms with Crippen molar-refractivity contribution in [3.8, 4) is 0 Å². The Morgan fingerprint density at radius 3 is 1.93 bits per heavy atom. The predicted octanol–water partition coefficient (Wildman–Crippen LogP) is 5.60. The van der Waals surface area contributed by atoms with Crippen molar-refractivity contribution in [2.24, 2.45) is 5.92 Å². The van der Waals surface area contributed by atoms with Crippen LogP contribution in [-0.4, -0.2) is 39.9 Å². The molecule has 1 N–H and O–H groups in total. The minimum atomic E-state index is -0.743. The van der Waals surface area contributed by atoms with Gasteiger partial charge in [0.1, 0.15) is 5.60 Å². The van der Waals surface area contributed by atoms with Crippen LogP contribution >= 0.6 is 0 Å². The highest BCUT2D eigenvalue weighted by Gasteiger charge is 2.43. The number of carbonyl (C=O) groups is 1. The molecule has 0 saturated carbocycles. The number of aliphatic hydroxyl groups excluding tert-OH is 1. The average molecular weight is 410 g/mol. The summed E-state index contributed by atoms with van der Waals surface area (Å²) in [5.41, 5.74) is 1.52. The summed E-state index contributed by atoms with van der Waals surface area (Å²) >= 11 is 0. The lowest BCUT2D eigenvalue weighted by Crippen LogP contribution is -2.57. The number of amides is 1. The van der Waals surface area contributed by atoms with E-state index in [4.69, 9.17) is 4.74 Å². The monoisotopic (exact) mass is 409 g/mol. The first-order chi connectivity index (χ1) is 14.2. The molecule has 4 heteroatoms. The second-order valence-electron chi connectivity index (χ2n) is 9.67. The molecule has 4 atom stereocenters. The molecule has 0 spiro atoms. The average Bonchev–Trinajstić information content (AvgIpc) is 2.67. The van der Waals surface area contributed by atoms with E-state index in [0.717, 1.165) is 24.0 Å². The molecule has 3 rings (SSSR count). The lowest BCUT2D eigenvalue weighted by molar-refractivity contribution is -0.0434. The smallest absolute Gasteiger partial charge is 0.410 e. The van der Waals surface area contributed by atoms with E-state index >= 15 is 0 Å². The van der Waals surface area contributed by atoms with E-state index in [1.165, 1.54) is 0 Å². The largest absolute Gasteiger partial charge is 0.444 e. The van der Waals surface area contributed by atoms with Gasteiger partial charge in [-0.2, -0.15) is 0 Å². The first kappa shape index (κ1) is 22.4. The number of rotatable bonds is 4. The number of benzene rings is 2. The van der Waals surface area contributed by atoms with Gasteiger partial charge < -0.3 is 9.84 Å². The standard InChI is InChI=1S/C26H35NO3/c1-18-16-19(2)27(25(29)30-26(3,4)5)22(17-18)24(28)23(20-12-8-6-9-13-20)21-14-10-7-11-15-21/h6-15,18-19,22-24,28H,16-17H2,1-5H3. The van der Waals surface area contributed by atoms with E-state index in [1.807, 2.05) is 81.4 Å². The minimum Gasteiger partial charge on any atom is -0.444 e. The third kappa shape index (κ3) is 5.23. The third-order valence-electron chi connectivity index (χ3n) is 5.88. The Hall–Kier alpha value is -2.33. The van der Waals surface area contributed by atoms with Crippen molar-refractivity contribution < 1.29 is 14.6 Å². The van der Waals surface area contributed by atoms with E-state index in [9.17, 15) is 9.90 Å². The van der Waals surface area contributed by atoms with Crippen molar-refractivity contribution in [3.05, 3.63) is 71.8 Å². The number of aliphatic hydroxyl groups is 1. The van der Waals surface area contributed by atoms with Crippen LogP contribution in [0, 0.1) is 5.92 Å². The van der Waals surface area contributed by atoms with Crippen LogP contribution in [0.2, 0.25) is 0 Å². The molecule has 1 amide bonds. The summed E-state index contributed by atoms with van der Waals surface area (Å²) in [5.74, 6) is 0.199. The summed E-state index contributed by atoms with van der Waals surface area (Å²) in [6, 6.07) is 19.8. The van der Waals surface area contributed by atoms with Crippen molar-refractivity contribution in [1.29, 1.82) is 0 Å². The summed E-state index contributed by atoms with van der Waals surface area (Å²) in [4.78, 5) is 14.9. The Morgan fingerprint density at radius 1 is 0.967 bits per heavy atom. The fraction of sp³-hybridized carbons (Fsp3) is 0.500. The Labute approximate surface area is 180 Å². The van der Waals surface area contributed by atoms with E-state index in [0.29, 0.717) is 5.92 Å². The normalized spacial score (nSPS) is 23.3. The Balaban J connectivity index is 1.99. The molecule has 1 aliphatic rings. The minimum absolute atomic E-state index is 0.00967. The number of nitrogens with zero attached hydrogens (tertiary/aromatic N) is 1. The molecule has 2 aromatic rings. The van der Waals surface area contributed by atoms with Crippen molar-refractivity contribution in [2.75, 3.05) is 0 Å². The van der Waals surface area contributed by atoms with Crippen LogP contribution in [0.4, 0.5) is 4.79 Å². The zero-order chi connectivity index (χ0) is 21.9. The van der Waals surface area contributed by atoms with E-state index in [2.05, 4.69) is 13.8 Å². The van der Waals surface area contributed by atoms with Gasteiger partial charge in [0.2, 0.25) is 0 Å². The van der Waals surface area contributed by atoms with Gasteiger partial charge in [0.25, 0.3) is 0 Å². The molecule has 4 unspecified atom stereocenters. The van der Waals surface area contributed by atoms with Gasteiger partial charge in [-0.1, -0.05) is 67.6 Å². The van der Waals surface area contributed by atoms with E-state index in [1.54, 1.807) is 4.90 Å². The summed E-state index contributed by atoms with van der Waals surface area (Å²) in [6.07, 6.45) is 0.573. The molecule has 1 saturated heterocycles. The van der Waals surface area contributed by atoms with Crippen molar-refractivity contribution in [2.45, 2.75) is 77.2 Å². The number of carbonyl (C=O) groups excluding carboxylic acids is 1. The van der Waals surface area contributed by atoms with Crippen molar-refractivity contribution in [1.82, 2.24) is 4.90 Å². The fourth-order valence-electron chi connectivity index (χ4n) is 4.71. The maximum atomic E-state index is 13.1. The molecular weight excluding hydrogens is 374 g/mol. The fourth-order valence-corrected chi connectivity index (χ4v) is 4.71. The molecule has 0 aliphatic carbocycles. The summed E-state index contributed by atoms with van der Waals surface area (Å²) < 4.78 is 5.73. The molecule has 1 aliphatic heterocycles. The van der Waals surface area contributed by atoms with Crippen LogP contribution in [0.1, 0.15) is 64.5 Å². The van der Waals surface area contributed by atoms with Gasteiger partial charge in [-0.3, -0.25) is 4.90 Å². The molecule has 1 fully saturated rings. The number of hydrogen-bond acceptors (Lipinski definition) is 3. The van der Waals surface area contributed by atoms with Crippen LogP contribution < -0.4 is 0 Å². The molecule has 0 radical (unpaired) electrons. The van der Waals surface area contributed by atoms with Crippen molar-refractivity contribution >= 4 is 6.09 Å². The molecule has 0 bridgehead atoms. The SMILES string of the molecule is CC1CC(C)N(C(=O)OC(C)(C)C)C(C(O)C(c2ccccc2)c2ccccc2)C1. The third-order valence-corrected chi connectivity index (χ3v) is 5.88. The summed E-state index contributed by atoms with van der Waals surface area (Å²) in [6.45, 7) is 9.89. The topological polar surface area (TPSA) is 49.8 Å². The van der Waals surface area contributed by atoms with Crippen LogP contribution in [0.3, 0.4) is 0 Å². The van der Waals surface area contributed by atoms with Gasteiger partial charge in [0.15, 0.2) is 0 Å². The van der Waals surface area contributed by atoms with Gasteiger partial charge in [0.05, 0.1) is 12.1 Å². The van der Waals surface area contributed by atoms with Crippen LogP contribution in [0.15, 0.2) is 60.7 Å². The van der Waals surface area contributed by atoms with Crippen LogP contribution in [0.5, 0.6) is 0 Å². The lowest BCUT2D eigenvalue weighted by Gasteiger charge is -2.46. The Bertz CT molecular complexity index is 776. The van der Waals surface area contributed by atoms with Crippen LogP contribution in [0.25, 0.3) is 0 Å². The molecule has 2 aromatic carbocycles. The molecule has 1 heterocycles. The number of hydrogen-bond donors (Lipinski definition) is 1. The first-order valence-electron chi connectivity index (χ1n) is 11.0. The highest BCUT2D eigenvalue weighted by atomic mass is 16.6. The number of ether oxygens (including phenoxy) is 1. The molecular formula is C26H35NO3. The van der Waals surface area contributed by atoms with Gasteiger partial charge in [0, 0.05) is 12.0 Å². The zero-order valence-corrected chi connectivity index (χ0v) is 18.8. The van der Waals surface area contributed by atoms with Gasteiger partial charge >= 0.3 is 6.09 Å². The quantitative estimate of drug-likeness (QED) is 0.715. The first-order valence-corrected chi connectivity index (χ1v) is 11.0. The number of piperidine rings is 1. The lowest BCUT2D eigenvalue weighted by atomic mass is 9.77. The van der Waals surface area contributed by atoms with Crippen molar-refractivity contribution in [3.63, 3.8) is 0 Å². The summed E-state index contributed by atoms with van der Waals surface area (Å²) in [7, 11) is 0. The molecule has 0 aromatic heterocycles.